The highest BCUT2D eigenvalue weighted by Gasteiger charge is 1.96. The minimum absolute atomic E-state index is 0.126. The van der Waals surface area contributed by atoms with Crippen LogP contribution in [-0.2, 0) is 6.54 Å². The molecule has 0 saturated carbocycles. The Labute approximate surface area is 76.0 Å². The molecule has 0 aliphatic rings. The number of nitrogens with zero attached hydrogens (tertiary/aromatic N) is 1. The number of aromatic nitrogens is 1. The van der Waals surface area contributed by atoms with Gasteiger partial charge < -0.3 is 9.88 Å². The largest absolute Gasteiger partial charge is 0.313 e. The highest BCUT2D eigenvalue weighted by Crippen LogP contribution is 1.88. The van der Waals surface area contributed by atoms with E-state index in [1.807, 2.05) is 11.6 Å². The van der Waals surface area contributed by atoms with Gasteiger partial charge in [0.05, 0.1) is 0 Å². The summed E-state index contributed by atoms with van der Waals surface area (Å²) in [6.45, 7) is 5.81. The van der Waals surface area contributed by atoms with E-state index in [4.69, 9.17) is 0 Å². The number of hydrogen-bond donors (Lipinski definition) is 1. The van der Waals surface area contributed by atoms with Crippen molar-refractivity contribution in [3.8, 4) is 0 Å². The molecule has 4 heteroatoms. The molecule has 1 rings (SSSR count). The molecule has 0 saturated heterocycles. The van der Waals surface area contributed by atoms with Crippen LogP contribution in [0.1, 0.15) is 13.8 Å². The smallest absolute Gasteiger partial charge is 0.307 e. The molecular formula is C8H14N2OS. The lowest BCUT2D eigenvalue weighted by Gasteiger charge is -2.07. The van der Waals surface area contributed by atoms with E-state index in [1.165, 1.54) is 11.3 Å². The normalized spacial score (nSPS) is 10.9. The average Bonchev–Trinajstić information content (AvgIpc) is 2.36. The van der Waals surface area contributed by atoms with Crippen LogP contribution in [0.2, 0.25) is 0 Å². The summed E-state index contributed by atoms with van der Waals surface area (Å²) in [6, 6.07) is 0.485. The van der Waals surface area contributed by atoms with E-state index >= 15 is 0 Å². The van der Waals surface area contributed by atoms with E-state index in [0.29, 0.717) is 6.04 Å². The van der Waals surface area contributed by atoms with E-state index in [0.717, 1.165) is 13.1 Å². The first kappa shape index (κ1) is 9.48. The summed E-state index contributed by atoms with van der Waals surface area (Å²) < 4.78 is 1.72. The lowest BCUT2D eigenvalue weighted by atomic mass is 10.4. The van der Waals surface area contributed by atoms with E-state index in [-0.39, 0.29) is 4.87 Å². The molecule has 0 radical (unpaired) electrons. The van der Waals surface area contributed by atoms with Crippen LogP contribution in [-0.4, -0.2) is 17.2 Å². The highest BCUT2D eigenvalue weighted by molar-refractivity contribution is 7.07. The molecular weight excluding hydrogens is 172 g/mol. The van der Waals surface area contributed by atoms with Crippen molar-refractivity contribution in [1.29, 1.82) is 0 Å². The fraction of sp³-hybridized carbons (Fsp3) is 0.625. The van der Waals surface area contributed by atoms with Crippen LogP contribution in [0.15, 0.2) is 16.4 Å². The number of thiazole rings is 1. The molecule has 0 aliphatic heterocycles. The second-order valence-electron chi connectivity index (χ2n) is 2.97. The van der Waals surface area contributed by atoms with Crippen LogP contribution in [0, 0.1) is 0 Å². The lowest BCUT2D eigenvalue weighted by molar-refractivity contribution is 0.538. The predicted molar refractivity (Wildman–Crippen MR) is 51.7 cm³/mol. The molecule has 68 valence electrons. The Bertz CT molecular complexity index is 277. The van der Waals surface area contributed by atoms with Crippen molar-refractivity contribution in [2.75, 3.05) is 6.54 Å². The maximum atomic E-state index is 11.0. The van der Waals surface area contributed by atoms with Gasteiger partial charge in [-0.2, -0.15) is 0 Å². The monoisotopic (exact) mass is 186 g/mol. The van der Waals surface area contributed by atoms with Crippen LogP contribution in [0.4, 0.5) is 0 Å². The van der Waals surface area contributed by atoms with Gasteiger partial charge in [-0.25, -0.2) is 0 Å². The third-order valence-corrected chi connectivity index (χ3v) is 2.24. The first-order chi connectivity index (χ1) is 5.70. The van der Waals surface area contributed by atoms with Crippen LogP contribution in [0.5, 0.6) is 0 Å². The molecule has 3 nitrogen and oxygen atoms in total. The quantitative estimate of drug-likeness (QED) is 0.758. The van der Waals surface area contributed by atoms with Gasteiger partial charge in [-0.1, -0.05) is 25.2 Å². The number of hydrogen-bond acceptors (Lipinski definition) is 3. The van der Waals surface area contributed by atoms with Crippen LogP contribution in [0.25, 0.3) is 0 Å². The molecule has 0 aliphatic carbocycles. The zero-order valence-corrected chi connectivity index (χ0v) is 8.23. The SMILES string of the molecule is CC(C)NCCn1ccsc1=O. The summed E-state index contributed by atoms with van der Waals surface area (Å²) in [5.74, 6) is 0. The van der Waals surface area contributed by atoms with Gasteiger partial charge in [0.15, 0.2) is 0 Å². The van der Waals surface area contributed by atoms with Gasteiger partial charge >= 0.3 is 4.87 Å². The van der Waals surface area contributed by atoms with E-state index in [1.54, 1.807) is 4.57 Å². The molecule has 0 aromatic carbocycles. The summed E-state index contributed by atoms with van der Waals surface area (Å²) in [6.07, 6.45) is 1.83. The third-order valence-electron chi connectivity index (χ3n) is 1.55. The standard InChI is InChI=1S/C8H14N2OS/c1-7(2)9-3-4-10-5-6-12-8(10)11/h5-7,9H,3-4H2,1-2H3. The maximum Gasteiger partial charge on any atom is 0.307 e. The minimum Gasteiger partial charge on any atom is -0.313 e. The van der Waals surface area contributed by atoms with Crippen molar-refractivity contribution in [3.63, 3.8) is 0 Å². The molecule has 0 amide bonds. The molecule has 0 spiro atoms. The molecule has 0 atom stereocenters. The molecule has 0 bridgehead atoms. The summed E-state index contributed by atoms with van der Waals surface area (Å²) >= 11 is 1.24. The fourth-order valence-corrected chi connectivity index (χ4v) is 1.54. The fourth-order valence-electron chi connectivity index (χ4n) is 0.930. The highest BCUT2D eigenvalue weighted by atomic mass is 32.1. The molecule has 1 heterocycles. The van der Waals surface area contributed by atoms with Crippen molar-refractivity contribution < 1.29 is 0 Å². The molecule has 1 aromatic rings. The van der Waals surface area contributed by atoms with Crippen molar-refractivity contribution in [1.82, 2.24) is 9.88 Å². The Morgan fingerprint density at radius 3 is 2.92 bits per heavy atom. The molecule has 1 aromatic heterocycles. The zero-order chi connectivity index (χ0) is 8.97. The Morgan fingerprint density at radius 1 is 1.67 bits per heavy atom. The number of nitrogens with one attached hydrogen (secondary N) is 1. The van der Waals surface area contributed by atoms with E-state index in [2.05, 4.69) is 19.2 Å². The van der Waals surface area contributed by atoms with Gasteiger partial charge in [0.25, 0.3) is 0 Å². The van der Waals surface area contributed by atoms with Crippen molar-refractivity contribution in [2.24, 2.45) is 0 Å². The second kappa shape index (κ2) is 4.42. The summed E-state index contributed by atoms with van der Waals surface area (Å²) in [7, 11) is 0. The number of rotatable bonds is 4. The first-order valence-corrected chi connectivity index (χ1v) is 4.95. The maximum absolute atomic E-state index is 11.0. The molecule has 12 heavy (non-hydrogen) atoms. The molecule has 0 fully saturated rings. The molecule has 0 unspecified atom stereocenters. The van der Waals surface area contributed by atoms with E-state index < -0.39 is 0 Å². The average molecular weight is 186 g/mol. The topological polar surface area (TPSA) is 34.0 Å². The van der Waals surface area contributed by atoms with Crippen LogP contribution < -0.4 is 10.2 Å². The first-order valence-electron chi connectivity index (χ1n) is 4.07. The predicted octanol–water partition coefficient (Wildman–Crippen LogP) is 0.908. The molecule has 1 N–H and O–H groups in total. The Morgan fingerprint density at radius 2 is 2.42 bits per heavy atom. The minimum atomic E-state index is 0.126. The summed E-state index contributed by atoms with van der Waals surface area (Å²) in [5, 5.41) is 5.07. The van der Waals surface area contributed by atoms with Gasteiger partial charge in [-0.05, 0) is 0 Å². The Kier molecular flexibility index (Phi) is 3.49. The van der Waals surface area contributed by atoms with Crippen LogP contribution >= 0.6 is 11.3 Å². The van der Waals surface area contributed by atoms with Gasteiger partial charge in [-0.3, -0.25) is 4.79 Å². The summed E-state index contributed by atoms with van der Waals surface area (Å²) in [5.41, 5.74) is 0. The van der Waals surface area contributed by atoms with Crippen molar-refractivity contribution in [2.45, 2.75) is 26.4 Å². The van der Waals surface area contributed by atoms with Gasteiger partial charge in [0.1, 0.15) is 0 Å². The third kappa shape index (κ3) is 2.79. The van der Waals surface area contributed by atoms with Crippen molar-refractivity contribution in [3.05, 3.63) is 21.2 Å². The van der Waals surface area contributed by atoms with E-state index in [9.17, 15) is 4.79 Å². The van der Waals surface area contributed by atoms with Gasteiger partial charge in [-0.15, -0.1) is 0 Å². The Balaban J connectivity index is 2.34. The summed E-state index contributed by atoms with van der Waals surface area (Å²) in [4.78, 5) is 11.2. The van der Waals surface area contributed by atoms with Gasteiger partial charge in [0, 0.05) is 30.7 Å². The van der Waals surface area contributed by atoms with Gasteiger partial charge in [0.2, 0.25) is 0 Å². The second-order valence-corrected chi connectivity index (χ2v) is 3.83. The van der Waals surface area contributed by atoms with Crippen LogP contribution in [0.3, 0.4) is 0 Å². The Hall–Kier alpha value is -0.610. The lowest BCUT2D eigenvalue weighted by Crippen LogP contribution is -2.28. The zero-order valence-electron chi connectivity index (χ0n) is 7.41. The van der Waals surface area contributed by atoms with Crippen molar-refractivity contribution >= 4 is 11.3 Å².